The first-order valence-electron chi connectivity index (χ1n) is 5.97. The van der Waals surface area contributed by atoms with Crippen molar-refractivity contribution in [2.24, 2.45) is 5.92 Å². The highest BCUT2D eigenvalue weighted by Crippen LogP contribution is 2.34. The molecule has 1 aliphatic carbocycles. The van der Waals surface area contributed by atoms with Gasteiger partial charge in [0.1, 0.15) is 0 Å². The Bertz CT molecular complexity index is 275. The van der Waals surface area contributed by atoms with E-state index in [9.17, 15) is 18.0 Å². The summed E-state index contributed by atoms with van der Waals surface area (Å²) < 4.78 is 41.4. The molecule has 0 heterocycles. The molecule has 1 rings (SSSR count). The van der Waals surface area contributed by atoms with Crippen LogP contribution in [0.15, 0.2) is 0 Å². The third-order valence-corrected chi connectivity index (χ3v) is 3.28. The largest absolute Gasteiger partial charge is 0.450 e. The minimum atomic E-state index is -4.73. The molecule has 1 fully saturated rings. The second kappa shape index (κ2) is 5.38. The Morgan fingerprint density at radius 2 is 2.12 bits per heavy atom. The molecule has 2 atom stereocenters. The second-order valence-electron chi connectivity index (χ2n) is 5.17. The van der Waals surface area contributed by atoms with Gasteiger partial charge in [0.15, 0.2) is 0 Å². The minimum absolute atomic E-state index is 0.137. The monoisotopic (exact) mass is 252 g/mol. The molecule has 0 N–H and O–H groups in total. The number of hydrogen-bond acceptors (Lipinski definition) is 2. The Hall–Kier alpha value is -0.580. The second-order valence-corrected chi connectivity index (χ2v) is 5.17. The number of halogens is 3. The van der Waals surface area contributed by atoms with Crippen molar-refractivity contribution < 1.29 is 22.7 Å². The van der Waals surface area contributed by atoms with Crippen molar-refractivity contribution in [3.05, 3.63) is 0 Å². The van der Waals surface area contributed by atoms with Gasteiger partial charge in [0, 0.05) is 6.42 Å². The van der Waals surface area contributed by atoms with Crippen LogP contribution in [0, 0.1) is 5.92 Å². The minimum Gasteiger partial charge on any atom is -0.375 e. The summed E-state index contributed by atoms with van der Waals surface area (Å²) in [6, 6.07) is 0. The van der Waals surface area contributed by atoms with Crippen molar-refractivity contribution in [3.8, 4) is 0 Å². The predicted molar refractivity (Wildman–Crippen MR) is 57.7 cm³/mol. The molecule has 0 unspecified atom stereocenters. The average Bonchev–Trinajstić information content (AvgIpc) is 2.15. The van der Waals surface area contributed by atoms with E-state index in [2.05, 4.69) is 6.92 Å². The fourth-order valence-corrected chi connectivity index (χ4v) is 2.43. The number of alkyl halides is 3. The van der Waals surface area contributed by atoms with Gasteiger partial charge in [-0.2, -0.15) is 13.2 Å². The van der Waals surface area contributed by atoms with Crippen LogP contribution in [0.4, 0.5) is 13.2 Å². The number of Topliss-reactive ketones (excluding diaryl/α,β-unsaturated/α-hetero) is 1. The van der Waals surface area contributed by atoms with Crippen molar-refractivity contribution >= 4 is 5.78 Å². The number of carbonyl (C=O) groups is 1. The molecular formula is C12H19F3O2. The van der Waals surface area contributed by atoms with Gasteiger partial charge in [-0.05, 0) is 25.7 Å². The number of carbonyl (C=O) groups excluding carboxylic acids is 1. The summed E-state index contributed by atoms with van der Waals surface area (Å²) in [6.07, 6.45) is -1.42. The quantitative estimate of drug-likeness (QED) is 0.765. The molecule has 0 amide bonds. The molecule has 100 valence electrons. The van der Waals surface area contributed by atoms with Gasteiger partial charge in [-0.1, -0.05) is 19.8 Å². The van der Waals surface area contributed by atoms with Crippen molar-refractivity contribution in [2.45, 2.75) is 57.7 Å². The topological polar surface area (TPSA) is 26.3 Å². The molecular weight excluding hydrogens is 233 g/mol. The van der Waals surface area contributed by atoms with Gasteiger partial charge in [0.25, 0.3) is 0 Å². The molecule has 5 heteroatoms. The highest BCUT2D eigenvalue weighted by molar-refractivity contribution is 5.84. The van der Waals surface area contributed by atoms with Crippen LogP contribution in [0.5, 0.6) is 0 Å². The van der Waals surface area contributed by atoms with E-state index in [0.717, 1.165) is 25.7 Å². The van der Waals surface area contributed by atoms with E-state index >= 15 is 0 Å². The van der Waals surface area contributed by atoms with Gasteiger partial charge < -0.3 is 4.74 Å². The lowest BCUT2D eigenvalue weighted by molar-refractivity contribution is -0.173. The number of ketones is 1. The first-order chi connectivity index (χ1) is 7.73. The van der Waals surface area contributed by atoms with E-state index in [1.54, 1.807) is 0 Å². The maximum absolute atomic E-state index is 12.0. The van der Waals surface area contributed by atoms with E-state index < -0.39 is 18.4 Å². The molecule has 2 nitrogen and oxygen atoms in total. The maximum Gasteiger partial charge on any atom is 0.450 e. The highest BCUT2D eigenvalue weighted by Gasteiger charge is 2.38. The molecule has 0 aromatic carbocycles. The molecule has 0 radical (unpaired) electrons. The summed E-state index contributed by atoms with van der Waals surface area (Å²) in [5.41, 5.74) is -0.358. The van der Waals surface area contributed by atoms with Gasteiger partial charge in [-0.3, -0.25) is 4.79 Å². The van der Waals surface area contributed by atoms with Crippen molar-refractivity contribution in [1.82, 2.24) is 0 Å². The van der Waals surface area contributed by atoms with Gasteiger partial charge in [0.05, 0.1) is 12.2 Å². The standard InChI is InChI=1S/C12H19F3O2/c1-9-4-3-6-11(2,8-9)17-7-5-10(16)12(13,14)15/h9H,3-8H2,1-2H3/t9-,11-/m1/s1. The van der Waals surface area contributed by atoms with Crippen LogP contribution in [0.2, 0.25) is 0 Å². The SMILES string of the molecule is C[C@@H]1CCC[C@@](C)(OCCC(=O)C(F)(F)F)C1. The maximum atomic E-state index is 12.0. The normalized spacial score (nSPS) is 30.3. The molecule has 17 heavy (non-hydrogen) atoms. The average molecular weight is 252 g/mol. The van der Waals surface area contributed by atoms with Gasteiger partial charge >= 0.3 is 6.18 Å². The molecule has 0 aromatic heterocycles. The van der Waals surface area contributed by atoms with Crippen LogP contribution >= 0.6 is 0 Å². The molecule has 0 aromatic rings. The van der Waals surface area contributed by atoms with E-state index in [0.29, 0.717) is 5.92 Å². The molecule has 1 aliphatic rings. The summed E-state index contributed by atoms with van der Waals surface area (Å²) >= 11 is 0. The van der Waals surface area contributed by atoms with Gasteiger partial charge in [-0.25, -0.2) is 0 Å². The summed E-state index contributed by atoms with van der Waals surface area (Å²) in [6.45, 7) is 3.89. The molecule has 1 saturated carbocycles. The van der Waals surface area contributed by atoms with Crippen LogP contribution in [0.3, 0.4) is 0 Å². The van der Waals surface area contributed by atoms with E-state index in [1.165, 1.54) is 0 Å². The Balaban J connectivity index is 2.33. The van der Waals surface area contributed by atoms with Gasteiger partial charge in [-0.15, -0.1) is 0 Å². The Labute approximate surface area is 99.5 Å². The summed E-state index contributed by atoms with van der Waals surface area (Å²) in [5, 5.41) is 0. The number of hydrogen-bond donors (Lipinski definition) is 0. The van der Waals surface area contributed by atoms with Crippen LogP contribution in [0.1, 0.15) is 46.0 Å². The van der Waals surface area contributed by atoms with Crippen molar-refractivity contribution in [1.29, 1.82) is 0 Å². The smallest absolute Gasteiger partial charge is 0.375 e. The zero-order valence-corrected chi connectivity index (χ0v) is 10.3. The van der Waals surface area contributed by atoms with Crippen LogP contribution in [0.25, 0.3) is 0 Å². The lowest BCUT2D eigenvalue weighted by atomic mass is 9.80. The number of ether oxygens (including phenoxy) is 1. The third kappa shape index (κ3) is 4.66. The lowest BCUT2D eigenvalue weighted by Crippen LogP contribution is -2.35. The zero-order chi connectivity index (χ0) is 13.1. The predicted octanol–water partition coefficient (Wildman–Crippen LogP) is 3.49. The third-order valence-electron chi connectivity index (χ3n) is 3.28. The molecule has 0 aliphatic heterocycles. The summed E-state index contributed by atoms with van der Waals surface area (Å²) in [5.74, 6) is -1.17. The zero-order valence-electron chi connectivity index (χ0n) is 10.3. The van der Waals surface area contributed by atoms with Crippen molar-refractivity contribution in [2.75, 3.05) is 6.61 Å². The first-order valence-corrected chi connectivity index (χ1v) is 5.97. The van der Waals surface area contributed by atoms with E-state index in [4.69, 9.17) is 4.74 Å². The Morgan fingerprint density at radius 3 is 2.65 bits per heavy atom. The highest BCUT2D eigenvalue weighted by atomic mass is 19.4. The Kier molecular flexibility index (Phi) is 4.58. The van der Waals surface area contributed by atoms with Crippen molar-refractivity contribution in [3.63, 3.8) is 0 Å². The fraction of sp³-hybridized carbons (Fsp3) is 0.917. The number of rotatable bonds is 4. The molecule has 0 bridgehead atoms. The molecule has 0 saturated heterocycles. The fourth-order valence-electron chi connectivity index (χ4n) is 2.43. The Morgan fingerprint density at radius 1 is 1.47 bits per heavy atom. The van der Waals surface area contributed by atoms with Crippen LogP contribution in [-0.4, -0.2) is 24.2 Å². The summed E-state index contributed by atoms with van der Waals surface area (Å²) in [4.78, 5) is 10.7. The summed E-state index contributed by atoms with van der Waals surface area (Å²) in [7, 11) is 0. The van der Waals surface area contributed by atoms with E-state index in [-0.39, 0.29) is 12.2 Å². The van der Waals surface area contributed by atoms with Crippen LogP contribution in [-0.2, 0) is 9.53 Å². The van der Waals surface area contributed by atoms with Crippen LogP contribution < -0.4 is 0 Å². The molecule has 0 spiro atoms. The first kappa shape index (κ1) is 14.5. The van der Waals surface area contributed by atoms with Gasteiger partial charge in [0.2, 0.25) is 5.78 Å². The van der Waals surface area contributed by atoms with E-state index in [1.807, 2.05) is 6.92 Å². The lowest BCUT2D eigenvalue weighted by Gasteiger charge is -2.36.